The van der Waals surface area contributed by atoms with Crippen LogP contribution in [0.3, 0.4) is 0 Å². The van der Waals surface area contributed by atoms with Gasteiger partial charge in [-0.2, -0.15) is 0 Å². The fraction of sp³-hybridized carbons (Fsp3) is 0. The van der Waals surface area contributed by atoms with E-state index in [0.717, 1.165) is 4.90 Å². The van der Waals surface area contributed by atoms with Gasteiger partial charge in [0.15, 0.2) is 0 Å². The Hall–Kier alpha value is -0.550. The van der Waals surface area contributed by atoms with Crippen molar-refractivity contribution in [2.75, 3.05) is 4.90 Å². The van der Waals surface area contributed by atoms with Crippen molar-refractivity contribution in [3.05, 3.63) is 54.4 Å². The third-order valence-electron chi connectivity index (χ3n) is 2.63. The first-order valence-electron chi connectivity index (χ1n) is 5.61. The van der Waals surface area contributed by atoms with Gasteiger partial charge >= 0.3 is 6.03 Å². The Kier molecular flexibility index (Phi) is 5.59. The molecule has 2 aromatic carbocycles. The lowest BCUT2D eigenvalue weighted by molar-refractivity contribution is 0.256. The highest BCUT2D eigenvalue weighted by molar-refractivity contribution is 6.45. The number of carbonyl (C=O) groups is 1. The lowest BCUT2D eigenvalue weighted by atomic mass is 10.2. The summed E-state index contributed by atoms with van der Waals surface area (Å²) in [5, 5.41) is 1.04. The molecule has 116 valence electrons. The third-order valence-corrected chi connectivity index (χ3v) is 4.22. The van der Waals surface area contributed by atoms with E-state index in [0.29, 0.717) is 10.0 Å². The Bertz CT molecular complexity index is 661. The van der Waals surface area contributed by atoms with Gasteiger partial charge in [0, 0.05) is 10.0 Å². The van der Waals surface area contributed by atoms with E-state index in [1.54, 1.807) is 0 Å². The molecule has 0 saturated carbocycles. The standard InChI is InChI=1S/C13H6Cl6N2O/c14-5-1-7(16)11(8(17)2-5)21(13(20)22)12-9(18)3-6(15)4-10(12)19/h1-4H,(H2,20,22). The predicted octanol–water partition coefficient (Wildman–Crippen LogP) is 6.82. The SMILES string of the molecule is NC(=O)N(c1c(Cl)cc(Cl)cc1Cl)c1c(Cl)cc(Cl)cc1Cl. The molecule has 0 spiro atoms. The molecule has 2 rings (SSSR count). The summed E-state index contributed by atoms with van der Waals surface area (Å²) in [4.78, 5) is 12.9. The number of primary amides is 1. The highest BCUT2D eigenvalue weighted by Gasteiger charge is 2.26. The smallest absolute Gasteiger partial charge is 0.324 e. The number of hydrogen-bond acceptors (Lipinski definition) is 1. The molecule has 0 bridgehead atoms. The minimum absolute atomic E-state index is 0.110. The van der Waals surface area contributed by atoms with Gasteiger partial charge in [-0.15, -0.1) is 0 Å². The molecule has 2 N–H and O–H groups in total. The number of anilines is 2. The summed E-state index contributed by atoms with van der Waals surface area (Å²) in [5.74, 6) is 0. The Morgan fingerprint density at radius 3 is 1.23 bits per heavy atom. The quantitative estimate of drug-likeness (QED) is 0.571. The van der Waals surface area contributed by atoms with Crippen molar-refractivity contribution in [3.63, 3.8) is 0 Å². The Morgan fingerprint density at radius 1 is 0.727 bits per heavy atom. The molecule has 9 heteroatoms. The van der Waals surface area contributed by atoms with Crippen molar-refractivity contribution in [3.8, 4) is 0 Å². The van der Waals surface area contributed by atoms with Gasteiger partial charge in [0.1, 0.15) is 0 Å². The van der Waals surface area contributed by atoms with Crippen LogP contribution < -0.4 is 10.6 Å². The number of nitrogens with zero attached hydrogens (tertiary/aromatic N) is 1. The predicted molar refractivity (Wildman–Crippen MR) is 94.7 cm³/mol. The van der Waals surface area contributed by atoms with E-state index in [4.69, 9.17) is 75.3 Å². The van der Waals surface area contributed by atoms with E-state index >= 15 is 0 Å². The molecule has 0 aliphatic heterocycles. The first-order valence-corrected chi connectivity index (χ1v) is 7.87. The van der Waals surface area contributed by atoms with E-state index in [9.17, 15) is 4.79 Å². The maximum Gasteiger partial charge on any atom is 0.324 e. The molecular formula is C13H6Cl6N2O. The highest BCUT2D eigenvalue weighted by atomic mass is 35.5. The average molecular weight is 419 g/mol. The zero-order valence-corrected chi connectivity index (χ0v) is 15.0. The van der Waals surface area contributed by atoms with E-state index in [2.05, 4.69) is 0 Å². The maximum atomic E-state index is 11.9. The van der Waals surface area contributed by atoms with Crippen LogP contribution in [0.1, 0.15) is 0 Å². The second-order valence-electron chi connectivity index (χ2n) is 4.11. The van der Waals surface area contributed by atoms with Gasteiger partial charge in [-0.1, -0.05) is 69.6 Å². The average Bonchev–Trinajstić information content (AvgIpc) is 2.34. The summed E-state index contributed by atoms with van der Waals surface area (Å²) in [6.45, 7) is 0. The molecule has 0 saturated heterocycles. The number of rotatable bonds is 2. The van der Waals surface area contributed by atoms with Gasteiger partial charge in [0.2, 0.25) is 0 Å². The van der Waals surface area contributed by atoms with Crippen LogP contribution in [0.5, 0.6) is 0 Å². The molecule has 0 atom stereocenters. The second-order valence-corrected chi connectivity index (χ2v) is 6.61. The summed E-state index contributed by atoms with van der Waals surface area (Å²) in [6.07, 6.45) is 0. The molecule has 22 heavy (non-hydrogen) atoms. The first kappa shape index (κ1) is 17.8. The van der Waals surface area contributed by atoms with Crippen LogP contribution in [0, 0.1) is 0 Å². The summed E-state index contributed by atoms with van der Waals surface area (Å²) in [5.41, 5.74) is 5.67. The third kappa shape index (κ3) is 3.51. The van der Waals surface area contributed by atoms with Crippen LogP contribution in [0.15, 0.2) is 24.3 Å². The van der Waals surface area contributed by atoms with Gasteiger partial charge in [0.05, 0.1) is 31.5 Å². The van der Waals surface area contributed by atoms with E-state index in [1.165, 1.54) is 24.3 Å². The van der Waals surface area contributed by atoms with Gasteiger partial charge in [-0.3, -0.25) is 4.90 Å². The molecule has 0 aromatic heterocycles. The zero-order chi connectivity index (χ0) is 16.6. The van der Waals surface area contributed by atoms with Crippen molar-refractivity contribution in [1.29, 1.82) is 0 Å². The molecule has 0 heterocycles. The van der Waals surface area contributed by atoms with Crippen molar-refractivity contribution in [2.45, 2.75) is 0 Å². The minimum Gasteiger partial charge on any atom is -0.351 e. The normalized spacial score (nSPS) is 10.6. The minimum atomic E-state index is -0.878. The maximum absolute atomic E-state index is 11.9. The number of amides is 2. The first-order chi connectivity index (χ1) is 10.2. The fourth-order valence-corrected chi connectivity index (χ4v) is 3.80. The van der Waals surface area contributed by atoms with Crippen molar-refractivity contribution < 1.29 is 4.79 Å². The van der Waals surface area contributed by atoms with Crippen LogP contribution >= 0.6 is 69.6 Å². The Balaban J connectivity index is 2.76. The van der Waals surface area contributed by atoms with E-state index in [-0.39, 0.29) is 31.5 Å². The van der Waals surface area contributed by atoms with E-state index < -0.39 is 6.03 Å². The molecule has 0 fully saturated rings. The van der Waals surface area contributed by atoms with Crippen LogP contribution in [0.25, 0.3) is 0 Å². The molecule has 0 aliphatic rings. The van der Waals surface area contributed by atoms with Gasteiger partial charge in [0.25, 0.3) is 0 Å². The number of nitrogens with two attached hydrogens (primary N) is 1. The van der Waals surface area contributed by atoms with Crippen LogP contribution in [0.4, 0.5) is 16.2 Å². The monoisotopic (exact) mass is 416 g/mol. The molecule has 0 unspecified atom stereocenters. The molecular weight excluding hydrogens is 413 g/mol. The number of halogens is 6. The zero-order valence-electron chi connectivity index (χ0n) is 10.5. The summed E-state index contributed by atoms with van der Waals surface area (Å²) in [7, 11) is 0. The molecule has 0 radical (unpaired) electrons. The van der Waals surface area contributed by atoms with Gasteiger partial charge in [-0.05, 0) is 24.3 Å². The lowest BCUT2D eigenvalue weighted by Gasteiger charge is -2.25. The summed E-state index contributed by atoms with van der Waals surface area (Å²) < 4.78 is 0. The molecule has 0 aliphatic carbocycles. The van der Waals surface area contributed by atoms with E-state index in [1.807, 2.05) is 0 Å². The van der Waals surface area contributed by atoms with Crippen LogP contribution in [-0.2, 0) is 0 Å². The topological polar surface area (TPSA) is 46.3 Å². The highest BCUT2D eigenvalue weighted by Crippen LogP contribution is 2.45. The number of benzene rings is 2. The molecule has 3 nitrogen and oxygen atoms in total. The van der Waals surface area contributed by atoms with Gasteiger partial charge < -0.3 is 5.73 Å². The van der Waals surface area contributed by atoms with Crippen molar-refractivity contribution >= 4 is 87.0 Å². The van der Waals surface area contributed by atoms with Crippen molar-refractivity contribution in [2.24, 2.45) is 5.73 Å². The fourth-order valence-electron chi connectivity index (χ4n) is 1.83. The Labute approximate surface area is 156 Å². The van der Waals surface area contributed by atoms with Crippen molar-refractivity contribution in [1.82, 2.24) is 0 Å². The lowest BCUT2D eigenvalue weighted by Crippen LogP contribution is -2.32. The summed E-state index contributed by atoms with van der Waals surface area (Å²) >= 11 is 36.2. The number of urea groups is 1. The second kappa shape index (κ2) is 6.91. The Morgan fingerprint density at radius 2 is 1.00 bits per heavy atom. The molecule has 2 amide bonds. The molecule has 2 aromatic rings. The van der Waals surface area contributed by atoms with Crippen LogP contribution in [0.2, 0.25) is 30.1 Å². The van der Waals surface area contributed by atoms with Crippen LogP contribution in [-0.4, -0.2) is 6.03 Å². The largest absolute Gasteiger partial charge is 0.351 e. The van der Waals surface area contributed by atoms with Gasteiger partial charge in [-0.25, -0.2) is 4.79 Å². The number of hydrogen-bond donors (Lipinski definition) is 1. The number of carbonyl (C=O) groups excluding carboxylic acids is 1. The summed E-state index contributed by atoms with van der Waals surface area (Å²) in [6, 6.07) is 4.78.